The molecule has 0 spiro atoms. The molecule has 31 heavy (non-hydrogen) atoms. The number of carbonyl (C=O) groups is 2. The van der Waals surface area contributed by atoms with Crippen molar-refractivity contribution in [1.29, 1.82) is 0 Å². The van der Waals surface area contributed by atoms with Crippen LogP contribution >= 0.6 is 0 Å². The highest BCUT2D eigenvalue weighted by Gasteiger charge is 2.32. The van der Waals surface area contributed by atoms with Gasteiger partial charge >= 0.3 is 5.69 Å². The Labute approximate surface area is 182 Å². The standard InChI is InChI=1S/C23H32N4O4/c1-16(28)25-10-12-26(13-11-25)22(29)18-6-4-17(5-7-18)15-27-21-14-19(31-3)8-9-20(21)24(2)23(27)30/h8-9,14,17-18H,4-7,10-13,15H2,1-3H3. The van der Waals surface area contributed by atoms with Gasteiger partial charge in [-0.3, -0.25) is 18.7 Å². The van der Waals surface area contributed by atoms with Crippen LogP contribution in [0.1, 0.15) is 32.6 Å². The van der Waals surface area contributed by atoms with Gasteiger partial charge in [-0.1, -0.05) is 0 Å². The van der Waals surface area contributed by atoms with Crippen molar-refractivity contribution in [3.05, 3.63) is 28.7 Å². The first-order chi connectivity index (χ1) is 14.9. The van der Waals surface area contributed by atoms with Gasteiger partial charge in [-0.25, -0.2) is 4.79 Å². The number of hydrogen-bond acceptors (Lipinski definition) is 4. The summed E-state index contributed by atoms with van der Waals surface area (Å²) in [7, 11) is 3.43. The lowest BCUT2D eigenvalue weighted by Gasteiger charge is -2.37. The molecule has 1 aliphatic heterocycles. The van der Waals surface area contributed by atoms with E-state index in [-0.39, 0.29) is 23.4 Å². The number of amides is 2. The summed E-state index contributed by atoms with van der Waals surface area (Å²) in [6, 6.07) is 5.72. The normalized spacial score (nSPS) is 22.0. The molecule has 2 fully saturated rings. The average molecular weight is 429 g/mol. The van der Waals surface area contributed by atoms with Crippen molar-refractivity contribution in [3.63, 3.8) is 0 Å². The number of piperazine rings is 1. The van der Waals surface area contributed by atoms with Crippen LogP contribution in [0.4, 0.5) is 0 Å². The zero-order valence-electron chi connectivity index (χ0n) is 18.7. The molecule has 1 aromatic heterocycles. The molecule has 2 heterocycles. The summed E-state index contributed by atoms with van der Waals surface area (Å²) in [6.45, 7) is 4.77. The number of aryl methyl sites for hydroxylation is 1. The van der Waals surface area contributed by atoms with Crippen molar-refractivity contribution in [2.75, 3.05) is 33.3 Å². The highest BCUT2D eigenvalue weighted by molar-refractivity contribution is 5.80. The summed E-state index contributed by atoms with van der Waals surface area (Å²) >= 11 is 0. The van der Waals surface area contributed by atoms with Crippen LogP contribution < -0.4 is 10.4 Å². The first-order valence-corrected chi connectivity index (χ1v) is 11.2. The van der Waals surface area contributed by atoms with Crippen LogP contribution in [0.2, 0.25) is 0 Å². The topological polar surface area (TPSA) is 76.8 Å². The quantitative estimate of drug-likeness (QED) is 0.745. The lowest BCUT2D eigenvalue weighted by Crippen LogP contribution is -2.51. The van der Waals surface area contributed by atoms with E-state index in [4.69, 9.17) is 4.74 Å². The molecule has 168 valence electrons. The maximum atomic E-state index is 12.9. The van der Waals surface area contributed by atoms with E-state index in [1.165, 1.54) is 0 Å². The van der Waals surface area contributed by atoms with Crippen molar-refractivity contribution in [3.8, 4) is 5.75 Å². The van der Waals surface area contributed by atoms with Crippen LogP contribution in [0.25, 0.3) is 11.0 Å². The molecule has 0 atom stereocenters. The Balaban J connectivity index is 1.38. The summed E-state index contributed by atoms with van der Waals surface area (Å²) in [5.74, 6) is 1.49. The minimum atomic E-state index is -0.00945. The number of carbonyl (C=O) groups excluding carboxylic acids is 2. The first kappa shape index (κ1) is 21.5. The molecule has 2 aliphatic rings. The summed E-state index contributed by atoms with van der Waals surface area (Å²) < 4.78 is 8.88. The zero-order chi connectivity index (χ0) is 22.1. The van der Waals surface area contributed by atoms with Crippen molar-refractivity contribution in [1.82, 2.24) is 18.9 Å². The number of nitrogens with zero attached hydrogens (tertiary/aromatic N) is 4. The Kier molecular flexibility index (Phi) is 6.07. The Morgan fingerprint density at radius 1 is 1.00 bits per heavy atom. The number of fused-ring (bicyclic) bond motifs is 1. The number of methoxy groups -OCH3 is 1. The molecule has 8 nitrogen and oxygen atoms in total. The lowest BCUT2D eigenvalue weighted by molar-refractivity contribution is -0.142. The highest BCUT2D eigenvalue weighted by atomic mass is 16.5. The SMILES string of the molecule is COc1ccc2c(c1)n(CC1CCC(C(=O)N3CCN(C(C)=O)CC3)CC1)c(=O)n2C. The van der Waals surface area contributed by atoms with E-state index in [2.05, 4.69) is 0 Å². The van der Waals surface area contributed by atoms with Gasteiger partial charge in [-0.05, 0) is 43.7 Å². The van der Waals surface area contributed by atoms with E-state index in [1.54, 1.807) is 30.5 Å². The van der Waals surface area contributed by atoms with Gasteiger partial charge in [-0.2, -0.15) is 0 Å². The monoisotopic (exact) mass is 428 g/mol. The molecule has 0 N–H and O–H groups in total. The van der Waals surface area contributed by atoms with Crippen LogP contribution in [0.5, 0.6) is 5.75 Å². The smallest absolute Gasteiger partial charge is 0.328 e. The molecule has 0 radical (unpaired) electrons. The zero-order valence-corrected chi connectivity index (χ0v) is 18.7. The maximum Gasteiger partial charge on any atom is 0.328 e. The second-order valence-corrected chi connectivity index (χ2v) is 8.86. The molecule has 4 rings (SSSR count). The molecular weight excluding hydrogens is 396 g/mol. The second kappa shape index (κ2) is 8.77. The predicted octanol–water partition coefficient (Wildman–Crippen LogP) is 1.85. The Hall–Kier alpha value is -2.77. The van der Waals surface area contributed by atoms with Crippen LogP contribution in [-0.4, -0.2) is 64.0 Å². The molecule has 0 unspecified atom stereocenters. The molecule has 1 saturated heterocycles. The Morgan fingerprint density at radius 2 is 1.65 bits per heavy atom. The largest absolute Gasteiger partial charge is 0.497 e. The van der Waals surface area contributed by atoms with E-state index < -0.39 is 0 Å². The van der Waals surface area contributed by atoms with Crippen molar-refractivity contribution in [2.45, 2.75) is 39.2 Å². The number of rotatable bonds is 4. The van der Waals surface area contributed by atoms with Gasteiger partial charge in [0.2, 0.25) is 11.8 Å². The van der Waals surface area contributed by atoms with E-state index in [0.29, 0.717) is 38.6 Å². The van der Waals surface area contributed by atoms with Crippen LogP contribution in [0.3, 0.4) is 0 Å². The van der Waals surface area contributed by atoms with Gasteiger partial charge in [0.15, 0.2) is 0 Å². The summed E-state index contributed by atoms with van der Waals surface area (Å²) in [4.78, 5) is 41.0. The molecule has 8 heteroatoms. The molecule has 1 aliphatic carbocycles. The molecule has 1 aromatic carbocycles. The van der Waals surface area contributed by atoms with Crippen molar-refractivity contribution >= 4 is 22.8 Å². The molecule has 0 bridgehead atoms. The van der Waals surface area contributed by atoms with Gasteiger partial charge in [0.25, 0.3) is 0 Å². The number of benzene rings is 1. The number of ether oxygens (including phenoxy) is 1. The third-order valence-corrected chi connectivity index (χ3v) is 7.03. The third-order valence-electron chi connectivity index (χ3n) is 7.03. The highest BCUT2D eigenvalue weighted by Crippen LogP contribution is 2.32. The van der Waals surface area contributed by atoms with Crippen LogP contribution in [0, 0.1) is 11.8 Å². The molecular formula is C23H32N4O4. The van der Waals surface area contributed by atoms with E-state index in [1.807, 2.05) is 27.7 Å². The first-order valence-electron chi connectivity index (χ1n) is 11.2. The van der Waals surface area contributed by atoms with Gasteiger partial charge < -0.3 is 14.5 Å². The van der Waals surface area contributed by atoms with Gasteiger partial charge in [-0.15, -0.1) is 0 Å². The third kappa shape index (κ3) is 4.20. The second-order valence-electron chi connectivity index (χ2n) is 8.86. The average Bonchev–Trinajstić information content (AvgIpc) is 3.03. The van der Waals surface area contributed by atoms with E-state index >= 15 is 0 Å². The van der Waals surface area contributed by atoms with Crippen LogP contribution in [0.15, 0.2) is 23.0 Å². The Bertz CT molecular complexity index is 1020. The van der Waals surface area contributed by atoms with E-state index in [9.17, 15) is 14.4 Å². The summed E-state index contributed by atoms with van der Waals surface area (Å²) in [5.41, 5.74) is 1.79. The number of hydrogen-bond donors (Lipinski definition) is 0. The van der Waals surface area contributed by atoms with Gasteiger partial charge in [0, 0.05) is 58.7 Å². The fraction of sp³-hybridized carbons (Fsp3) is 0.609. The van der Waals surface area contributed by atoms with Gasteiger partial charge in [0.05, 0.1) is 18.1 Å². The molecule has 2 amide bonds. The number of aromatic nitrogens is 2. The summed E-state index contributed by atoms with van der Waals surface area (Å²) in [6.07, 6.45) is 3.60. The summed E-state index contributed by atoms with van der Waals surface area (Å²) in [5, 5.41) is 0. The Morgan fingerprint density at radius 3 is 2.26 bits per heavy atom. The number of imidazole rings is 1. The van der Waals surface area contributed by atoms with Gasteiger partial charge in [0.1, 0.15) is 5.75 Å². The fourth-order valence-electron chi connectivity index (χ4n) is 5.04. The minimum absolute atomic E-state index is 0.00945. The molecule has 2 aromatic rings. The van der Waals surface area contributed by atoms with Crippen LogP contribution in [-0.2, 0) is 23.2 Å². The van der Waals surface area contributed by atoms with Crippen molar-refractivity contribution in [2.24, 2.45) is 18.9 Å². The lowest BCUT2D eigenvalue weighted by atomic mass is 9.81. The van der Waals surface area contributed by atoms with E-state index in [0.717, 1.165) is 42.5 Å². The fourth-order valence-corrected chi connectivity index (χ4v) is 5.04. The maximum absolute atomic E-state index is 12.9. The minimum Gasteiger partial charge on any atom is -0.497 e. The van der Waals surface area contributed by atoms with Crippen molar-refractivity contribution < 1.29 is 14.3 Å². The molecule has 1 saturated carbocycles. The predicted molar refractivity (Wildman–Crippen MR) is 118 cm³/mol.